The number of rotatable bonds is 7. The van der Waals surface area contributed by atoms with Gasteiger partial charge in [0.1, 0.15) is 0 Å². The SMILES string of the molecule is CC1(C)c2ccccc2N(c2ccc3c(c2)c2ccc(N(c4ccccc4)c4ccccc4)cc2n3-c2ccc3c4ccc(-c5cncc(-c6cccnc6)c5)cc4c4nccnc4c3c2)c2ccccc21. The molecule has 9 aromatic carbocycles. The molecule has 0 bridgehead atoms. The van der Waals surface area contributed by atoms with Crippen molar-refractivity contribution in [3.8, 4) is 27.9 Å². The summed E-state index contributed by atoms with van der Waals surface area (Å²) < 4.78 is 2.44. The molecule has 0 saturated carbocycles. The molecule has 0 saturated heterocycles. The van der Waals surface area contributed by atoms with Crippen molar-refractivity contribution in [2.24, 2.45) is 0 Å². The monoisotopic (exact) mass is 923 g/mol. The average Bonchev–Trinajstić information content (AvgIpc) is 3.77. The highest BCUT2D eigenvalue weighted by atomic mass is 15.2. The molecule has 7 nitrogen and oxygen atoms in total. The van der Waals surface area contributed by atoms with Crippen LogP contribution in [0.2, 0.25) is 0 Å². The Labute approximate surface area is 416 Å². The van der Waals surface area contributed by atoms with Gasteiger partial charge in [-0.05, 0) is 125 Å². The molecule has 7 heteroatoms. The second-order valence-corrected chi connectivity index (χ2v) is 19.2. The molecular formula is C65H45N7. The van der Waals surface area contributed by atoms with Gasteiger partial charge in [0.2, 0.25) is 0 Å². The molecule has 0 fully saturated rings. The summed E-state index contributed by atoms with van der Waals surface area (Å²) in [7, 11) is 0. The number of benzene rings is 9. The zero-order chi connectivity index (χ0) is 47.9. The van der Waals surface area contributed by atoms with E-state index in [0.29, 0.717) is 0 Å². The Morgan fingerprint density at radius 3 is 1.64 bits per heavy atom. The standard InChI is InChI=1S/C65H45N7/c1-65(2)57-19-9-11-21-60(57)72(61-22-12-10-20-58(61)65)49-26-30-59-54(36-49)53-29-25-50(70(46-15-5-3-6-16-46)47-17-7-4-8-18-47)38-62(53)71(59)48-24-28-52-51-27-23-42(35-55(51)63-64(56(52)37-48)69-33-32-68-63)44-34-45(41-67-40-44)43-14-13-31-66-39-43/h3-41H,1-2H3. The number of hydrogen-bond donors (Lipinski definition) is 0. The Kier molecular flexibility index (Phi) is 9.41. The van der Waals surface area contributed by atoms with Crippen LogP contribution in [-0.2, 0) is 5.41 Å². The molecule has 0 N–H and O–H groups in total. The molecule has 0 aliphatic carbocycles. The smallest absolute Gasteiger partial charge is 0.0972 e. The third-order valence-corrected chi connectivity index (χ3v) is 14.8. The van der Waals surface area contributed by atoms with Crippen molar-refractivity contribution in [1.82, 2.24) is 24.5 Å². The summed E-state index contributed by atoms with van der Waals surface area (Å²) in [6.45, 7) is 4.68. The van der Waals surface area contributed by atoms with Crippen molar-refractivity contribution in [2.45, 2.75) is 19.3 Å². The maximum absolute atomic E-state index is 5.07. The maximum atomic E-state index is 5.07. The summed E-state index contributed by atoms with van der Waals surface area (Å²) in [5.74, 6) is 0. The van der Waals surface area contributed by atoms with Crippen LogP contribution < -0.4 is 9.80 Å². The highest BCUT2D eigenvalue weighted by molar-refractivity contribution is 6.24. The molecule has 0 spiro atoms. The zero-order valence-corrected chi connectivity index (χ0v) is 39.6. The van der Waals surface area contributed by atoms with Gasteiger partial charge in [0.15, 0.2) is 0 Å². The number of fused-ring (bicyclic) bond motifs is 11. The summed E-state index contributed by atoms with van der Waals surface area (Å²) in [5, 5.41) is 6.64. The lowest BCUT2D eigenvalue weighted by Crippen LogP contribution is -2.30. The number of aromatic nitrogens is 5. The minimum Gasteiger partial charge on any atom is -0.310 e. The van der Waals surface area contributed by atoms with Crippen LogP contribution in [0.5, 0.6) is 0 Å². The first-order valence-corrected chi connectivity index (χ1v) is 24.4. The topological polar surface area (TPSA) is 63.0 Å². The number of para-hydroxylation sites is 4. The molecule has 0 atom stereocenters. The summed E-state index contributed by atoms with van der Waals surface area (Å²) in [5.41, 5.74) is 18.3. The largest absolute Gasteiger partial charge is 0.310 e. The number of anilines is 6. The van der Waals surface area contributed by atoms with Gasteiger partial charge in [-0.15, -0.1) is 0 Å². The Hall–Kier alpha value is -9.46. The van der Waals surface area contributed by atoms with E-state index in [1.165, 1.54) is 22.5 Å². The zero-order valence-electron chi connectivity index (χ0n) is 39.6. The number of hydrogen-bond acceptors (Lipinski definition) is 6. The van der Waals surface area contributed by atoms with E-state index in [1.54, 1.807) is 18.6 Å². The van der Waals surface area contributed by atoms with E-state index in [-0.39, 0.29) is 5.41 Å². The van der Waals surface area contributed by atoms with E-state index in [0.717, 1.165) is 105 Å². The molecule has 1 aliphatic heterocycles. The molecule has 72 heavy (non-hydrogen) atoms. The van der Waals surface area contributed by atoms with E-state index in [9.17, 15) is 0 Å². The Morgan fingerprint density at radius 2 is 0.958 bits per heavy atom. The second-order valence-electron chi connectivity index (χ2n) is 19.2. The number of pyridine rings is 2. The van der Waals surface area contributed by atoms with Crippen molar-refractivity contribution in [3.05, 3.63) is 248 Å². The van der Waals surface area contributed by atoms with Gasteiger partial charge in [0, 0.05) is 109 Å². The minimum atomic E-state index is -0.161. The van der Waals surface area contributed by atoms with E-state index in [4.69, 9.17) is 9.97 Å². The normalized spacial score (nSPS) is 12.9. The molecular weight excluding hydrogens is 879 g/mol. The van der Waals surface area contributed by atoms with Gasteiger partial charge >= 0.3 is 0 Å². The van der Waals surface area contributed by atoms with Crippen molar-refractivity contribution in [3.63, 3.8) is 0 Å². The van der Waals surface area contributed by atoms with Gasteiger partial charge in [-0.2, -0.15) is 0 Å². The summed E-state index contributed by atoms with van der Waals surface area (Å²) in [6.07, 6.45) is 11.1. The van der Waals surface area contributed by atoms with Crippen LogP contribution in [0.25, 0.3) is 82.3 Å². The first-order chi connectivity index (χ1) is 35.5. The molecule has 14 rings (SSSR count). The van der Waals surface area contributed by atoms with Crippen LogP contribution in [-0.4, -0.2) is 24.5 Å². The molecule has 13 aromatic rings. The Morgan fingerprint density at radius 1 is 0.375 bits per heavy atom. The van der Waals surface area contributed by atoms with E-state index < -0.39 is 0 Å². The first-order valence-electron chi connectivity index (χ1n) is 24.4. The molecule has 0 unspecified atom stereocenters. The van der Waals surface area contributed by atoms with Gasteiger partial charge < -0.3 is 14.4 Å². The van der Waals surface area contributed by atoms with Crippen LogP contribution in [0.4, 0.5) is 34.1 Å². The lowest BCUT2D eigenvalue weighted by atomic mass is 9.73. The highest BCUT2D eigenvalue weighted by Gasteiger charge is 2.36. The van der Waals surface area contributed by atoms with Gasteiger partial charge in [-0.25, -0.2) is 0 Å². The summed E-state index contributed by atoms with van der Waals surface area (Å²) >= 11 is 0. The van der Waals surface area contributed by atoms with Crippen molar-refractivity contribution < 1.29 is 0 Å². The third-order valence-electron chi connectivity index (χ3n) is 14.8. The van der Waals surface area contributed by atoms with E-state index in [1.807, 2.05) is 24.7 Å². The van der Waals surface area contributed by atoms with Crippen LogP contribution in [0.3, 0.4) is 0 Å². The van der Waals surface area contributed by atoms with Crippen LogP contribution in [0.1, 0.15) is 25.0 Å². The fourth-order valence-corrected chi connectivity index (χ4v) is 11.4. The maximum Gasteiger partial charge on any atom is 0.0972 e. The van der Waals surface area contributed by atoms with Gasteiger partial charge in [0.25, 0.3) is 0 Å². The second kappa shape index (κ2) is 16.3. The Balaban J connectivity index is 0.988. The predicted octanol–water partition coefficient (Wildman–Crippen LogP) is 16.7. The molecule has 1 aliphatic rings. The lowest BCUT2D eigenvalue weighted by molar-refractivity contribution is 0.632. The van der Waals surface area contributed by atoms with Gasteiger partial charge in [-0.3, -0.25) is 19.9 Å². The van der Waals surface area contributed by atoms with Crippen molar-refractivity contribution in [2.75, 3.05) is 9.80 Å². The van der Waals surface area contributed by atoms with Gasteiger partial charge in [-0.1, -0.05) is 117 Å². The van der Waals surface area contributed by atoms with Crippen LogP contribution >= 0.6 is 0 Å². The van der Waals surface area contributed by atoms with E-state index in [2.05, 4.69) is 232 Å². The number of nitrogens with zero attached hydrogens (tertiary/aromatic N) is 7. The first kappa shape index (κ1) is 41.5. The van der Waals surface area contributed by atoms with Crippen LogP contribution in [0, 0.1) is 0 Å². The molecule has 5 heterocycles. The summed E-state index contributed by atoms with van der Waals surface area (Å²) in [6, 6.07) is 72.6. The lowest BCUT2D eigenvalue weighted by Gasteiger charge is -2.42. The fourth-order valence-electron chi connectivity index (χ4n) is 11.4. The molecule has 0 amide bonds. The van der Waals surface area contributed by atoms with Crippen molar-refractivity contribution in [1.29, 1.82) is 0 Å². The molecule has 4 aromatic heterocycles. The molecule has 0 radical (unpaired) electrons. The summed E-state index contributed by atoms with van der Waals surface area (Å²) in [4.78, 5) is 23.9. The highest BCUT2D eigenvalue weighted by Crippen LogP contribution is 2.52. The minimum absolute atomic E-state index is 0.161. The molecule has 340 valence electrons. The quantitative estimate of drug-likeness (QED) is 0.148. The van der Waals surface area contributed by atoms with E-state index >= 15 is 0 Å². The van der Waals surface area contributed by atoms with Crippen LogP contribution in [0.15, 0.2) is 237 Å². The predicted molar refractivity (Wildman–Crippen MR) is 297 cm³/mol. The van der Waals surface area contributed by atoms with Gasteiger partial charge in [0.05, 0.1) is 33.4 Å². The average molecular weight is 924 g/mol. The fraction of sp³-hybridized carbons (Fsp3) is 0.0462. The third kappa shape index (κ3) is 6.51. The van der Waals surface area contributed by atoms with Crippen molar-refractivity contribution >= 4 is 88.5 Å². The Bertz CT molecular complexity index is 4150.